The van der Waals surface area contributed by atoms with Crippen molar-refractivity contribution in [1.82, 2.24) is 4.98 Å². The first kappa shape index (κ1) is 14.6. The minimum absolute atomic E-state index is 0.224. The summed E-state index contributed by atoms with van der Waals surface area (Å²) in [6.07, 6.45) is 0. The van der Waals surface area contributed by atoms with Crippen LogP contribution in [0.5, 0.6) is 0 Å². The molecule has 0 unspecified atom stereocenters. The fourth-order valence-corrected chi connectivity index (χ4v) is 1.62. The summed E-state index contributed by atoms with van der Waals surface area (Å²) >= 11 is 17.5. The number of aromatic nitrogens is 1. The van der Waals surface area contributed by atoms with Crippen molar-refractivity contribution in [3.05, 3.63) is 33.4 Å². The SMILES string of the molecule is C=C(C)COCCNc1nc(Cl)c(Cl)cc1Cl. The number of nitrogens with one attached hydrogen (secondary N) is 1. The summed E-state index contributed by atoms with van der Waals surface area (Å²) in [4.78, 5) is 4.02. The van der Waals surface area contributed by atoms with Crippen LogP contribution in [-0.4, -0.2) is 24.7 Å². The Balaban J connectivity index is 2.41. The highest BCUT2D eigenvalue weighted by Crippen LogP contribution is 2.28. The largest absolute Gasteiger partial charge is 0.375 e. The molecule has 0 aromatic carbocycles. The molecule has 0 atom stereocenters. The Morgan fingerprint density at radius 1 is 1.41 bits per heavy atom. The van der Waals surface area contributed by atoms with Gasteiger partial charge in [-0.25, -0.2) is 4.98 Å². The van der Waals surface area contributed by atoms with Crippen molar-refractivity contribution in [1.29, 1.82) is 0 Å². The van der Waals surface area contributed by atoms with Crippen LogP contribution in [0.2, 0.25) is 15.2 Å². The van der Waals surface area contributed by atoms with Crippen LogP contribution in [0.1, 0.15) is 6.92 Å². The molecule has 0 spiro atoms. The lowest BCUT2D eigenvalue weighted by Crippen LogP contribution is -2.11. The van der Waals surface area contributed by atoms with Crippen LogP contribution in [0.15, 0.2) is 18.2 Å². The van der Waals surface area contributed by atoms with Gasteiger partial charge in [-0.2, -0.15) is 0 Å². The van der Waals surface area contributed by atoms with Crippen molar-refractivity contribution >= 4 is 40.6 Å². The van der Waals surface area contributed by atoms with Gasteiger partial charge in [0, 0.05) is 6.54 Å². The van der Waals surface area contributed by atoms with Gasteiger partial charge < -0.3 is 10.1 Å². The van der Waals surface area contributed by atoms with Crippen molar-refractivity contribution in [2.24, 2.45) is 0 Å². The minimum Gasteiger partial charge on any atom is -0.375 e. The Morgan fingerprint density at radius 2 is 2.12 bits per heavy atom. The Morgan fingerprint density at radius 3 is 2.76 bits per heavy atom. The van der Waals surface area contributed by atoms with E-state index in [9.17, 15) is 0 Å². The maximum atomic E-state index is 5.94. The molecule has 17 heavy (non-hydrogen) atoms. The second kappa shape index (κ2) is 7.07. The number of hydrogen-bond acceptors (Lipinski definition) is 3. The normalized spacial score (nSPS) is 10.4. The van der Waals surface area contributed by atoms with Gasteiger partial charge in [-0.1, -0.05) is 47.0 Å². The monoisotopic (exact) mass is 294 g/mol. The van der Waals surface area contributed by atoms with E-state index < -0.39 is 0 Å². The first-order valence-corrected chi connectivity index (χ1v) is 6.11. The van der Waals surface area contributed by atoms with E-state index >= 15 is 0 Å². The van der Waals surface area contributed by atoms with Gasteiger partial charge in [0.2, 0.25) is 0 Å². The molecule has 0 saturated carbocycles. The summed E-state index contributed by atoms with van der Waals surface area (Å²) in [5.74, 6) is 0.500. The van der Waals surface area contributed by atoms with Gasteiger partial charge in [-0.3, -0.25) is 0 Å². The molecule has 0 radical (unpaired) electrons. The number of hydrogen-bond donors (Lipinski definition) is 1. The Hall–Kier alpha value is -0.480. The van der Waals surface area contributed by atoms with Crippen LogP contribution < -0.4 is 5.32 Å². The minimum atomic E-state index is 0.224. The third-order valence-corrected chi connectivity index (χ3v) is 2.74. The van der Waals surface area contributed by atoms with Gasteiger partial charge in [-0.05, 0) is 13.0 Å². The highest BCUT2D eigenvalue weighted by Gasteiger charge is 2.06. The molecule has 0 aliphatic carbocycles. The average Bonchev–Trinajstić information content (AvgIpc) is 2.24. The van der Waals surface area contributed by atoms with Gasteiger partial charge >= 0.3 is 0 Å². The molecule has 1 heterocycles. The van der Waals surface area contributed by atoms with Crippen LogP contribution in [-0.2, 0) is 4.74 Å². The van der Waals surface area contributed by atoms with E-state index in [1.165, 1.54) is 0 Å². The van der Waals surface area contributed by atoms with Crippen LogP contribution in [0.3, 0.4) is 0 Å². The zero-order valence-electron chi connectivity index (χ0n) is 9.40. The topological polar surface area (TPSA) is 34.1 Å². The third kappa shape index (κ3) is 5.13. The number of rotatable bonds is 6. The van der Waals surface area contributed by atoms with Gasteiger partial charge in [0.1, 0.15) is 11.0 Å². The van der Waals surface area contributed by atoms with Crippen LogP contribution in [0.4, 0.5) is 5.82 Å². The van der Waals surface area contributed by atoms with Crippen LogP contribution >= 0.6 is 34.8 Å². The number of ether oxygens (including phenoxy) is 1. The van der Waals surface area contributed by atoms with E-state index in [2.05, 4.69) is 16.9 Å². The lowest BCUT2D eigenvalue weighted by Gasteiger charge is -2.09. The number of nitrogens with zero attached hydrogens (tertiary/aromatic N) is 1. The standard InChI is InChI=1S/C11H13Cl3N2O/c1-7(2)6-17-4-3-15-11-9(13)5-8(12)10(14)16-11/h5H,1,3-4,6H2,2H3,(H,15,16). The van der Waals surface area contributed by atoms with Crippen molar-refractivity contribution < 1.29 is 4.74 Å². The molecule has 0 aliphatic rings. The maximum Gasteiger partial charge on any atom is 0.150 e. The molecule has 1 aromatic heterocycles. The number of pyridine rings is 1. The Labute approximate surface area is 116 Å². The summed E-state index contributed by atoms with van der Waals surface area (Å²) < 4.78 is 5.32. The molecule has 0 bridgehead atoms. The zero-order chi connectivity index (χ0) is 12.8. The van der Waals surface area contributed by atoms with Gasteiger partial charge in [0.25, 0.3) is 0 Å². The first-order valence-electron chi connectivity index (χ1n) is 4.98. The molecular formula is C11H13Cl3N2O. The second-order valence-electron chi connectivity index (χ2n) is 3.53. The van der Waals surface area contributed by atoms with E-state index in [0.29, 0.717) is 35.6 Å². The summed E-state index contributed by atoms with van der Waals surface area (Å²) in [6.45, 7) is 7.30. The molecule has 0 amide bonds. The first-order chi connectivity index (χ1) is 8.00. The smallest absolute Gasteiger partial charge is 0.150 e. The number of anilines is 1. The average molecular weight is 296 g/mol. The third-order valence-electron chi connectivity index (χ3n) is 1.77. The van der Waals surface area contributed by atoms with Crippen LogP contribution in [0.25, 0.3) is 0 Å². The van der Waals surface area contributed by atoms with E-state index in [1.54, 1.807) is 6.07 Å². The molecule has 94 valence electrons. The van der Waals surface area contributed by atoms with Crippen molar-refractivity contribution in [3.63, 3.8) is 0 Å². The highest BCUT2D eigenvalue weighted by molar-refractivity contribution is 6.42. The quantitative estimate of drug-likeness (QED) is 0.488. The van der Waals surface area contributed by atoms with E-state index in [-0.39, 0.29) is 5.15 Å². The van der Waals surface area contributed by atoms with Crippen LogP contribution in [0, 0.1) is 0 Å². The molecule has 1 aromatic rings. The van der Waals surface area contributed by atoms with Gasteiger partial charge in [0.05, 0.1) is 23.3 Å². The molecule has 0 fully saturated rings. The predicted octanol–water partition coefficient (Wildman–Crippen LogP) is 4.05. The van der Waals surface area contributed by atoms with E-state index in [1.807, 2.05) is 6.92 Å². The fourth-order valence-electron chi connectivity index (χ4n) is 1.06. The Bertz CT molecular complexity index is 410. The summed E-state index contributed by atoms with van der Waals surface area (Å²) in [5, 5.41) is 4.00. The highest BCUT2D eigenvalue weighted by atomic mass is 35.5. The number of halogens is 3. The molecule has 3 nitrogen and oxygen atoms in total. The molecule has 0 saturated heterocycles. The van der Waals surface area contributed by atoms with E-state index in [4.69, 9.17) is 39.5 Å². The summed E-state index contributed by atoms with van der Waals surface area (Å²) in [7, 11) is 0. The van der Waals surface area contributed by atoms with Crippen molar-refractivity contribution in [2.45, 2.75) is 6.92 Å². The second-order valence-corrected chi connectivity index (χ2v) is 4.70. The maximum absolute atomic E-state index is 5.94. The predicted molar refractivity (Wildman–Crippen MR) is 73.4 cm³/mol. The zero-order valence-corrected chi connectivity index (χ0v) is 11.7. The summed E-state index contributed by atoms with van der Waals surface area (Å²) in [5.41, 5.74) is 0.982. The van der Waals surface area contributed by atoms with Crippen molar-refractivity contribution in [2.75, 3.05) is 25.1 Å². The lowest BCUT2D eigenvalue weighted by atomic mass is 10.4. The Kier molecular flexibility index (Phi) is 6.06. The molecule has 0 aliphatic heterocycles. The molecule has 1 rings (SSSR count). The van der Waals surface area contributed by atoms with Gasteiger partial charge in [-0.15, -0.1) is 0 Å². The molecular weight excluding hydrogens is 282 g/mol. The fraction of sp³-hybridized carbons (Fsp3) is 0.364. The summed E-state index contributed by atoms with van der Waals surface area (Å²) in [6, 6.07) is 1.55. The van der Waals surface area contributed by atoms with Gasteiger partial charge in [0.15, 0.2) is 0 Å². The molecule has 1 N–H and O–H groups in total. The van der Waals surface area contributed by atoms with Crippen molar-refractivity contribution in [3.8, 4) is 0 Å². The lowest BCUT2D eigenvalue weighted by molar-refractivity contribution is 0.167. The molecule has 6 heteroatoms. The van der Waals surface area contributed by atoms with E-state index in [0.717, 1.165) is 5.57 Å².